The van der Waals surface area contributed by atoms with Crippen LogP contribution in [0.3, 0.4) is 0 Å². The molecule has 0 saturated carbocycles. The second kappa shape index (κ2) is 6.13. The average Bonchev–Trinajstić information content (AvgIpc) is 2.82. The number of rotatable bonds is 5. The van der Waals surface area contributed by atoms with E-state index in [1.807, 2.05) is 24.4 Å². The minimum Gasteiger partial charge on any atom is -0.480 e. The third-order valence-electron chi connectivity index (χ3n) is 2.48. The molecular weight excluding hydrogens is 270 g/mol. The van der Waals surface area contributed by atoms with Gasteiger partial charge in [0, 0.05) is 10.9 Å². The van der Waals surface area contributed by atoms with Gasteiger partial charge >= 0.3 is 0 Å². The predicted molar refractivity (Wildman–Crippen MR) is 73.4 cm³/mol. The van der Waals surface area contributed by atoms with Crippen LogP contribution in [0.2, 0.25) is 5.02 Å². The largest absolute Gasteiger partial charge is 0.480 e. The first kappa shape index (κ1) is 13.3. The van der Waals surface area contributed by atoms with E-state index in [4.69, 9.17) is 16.3 Å². The number of hydrogen-bond acceptors (Lipinski definition) is 5. The van der Waals surface area contributed by atoms with Gasteiger partial charge in [0.1, 0.15) is 0 Å². The number of ether oxygens (including phenoxy) is 1. The van der Waals surface area contributed by atoms with Gasteiger partial charge in [-0.15, -0.1) is 21.5 Å². The van der Waals surface area contributed by atoms with Crippen LogP contribution in [-0.4, -0.2) is 23.9 Å². The molecule has 0 aliphatic carbocycles. The van der Waals surface area contributed by atoms with Gasteiger partial charge in [0.2, 0.25) is 5.88 Å². The lowest BCUT2D eigenvalue weighted by molar-refractivity contribution is 0.390. The van der Waals surface area contributed by atoms with Gasteiger partial charge in [-0.3, -0.25) is 0 Å². The number of nitrogens with one attached hydrogen (secondary N) is 1. The number of hydrogen-bond donors (Lipinski definition) is 1. The van der Waals surface area contributed by atoms with Crippen LogP contribution in [-0.2, 0) is 0 Å². The molecule has 2 rings (SSSR count). The summed E-state index contributed by atoms with van der Waals surface area (Å²) in [6.07, 6.45) is 0. The zero-order chi connectivity index (χ0) is 13.0. The van der Waals surface area contributed by atoms with Gasteiger partial charge in [0.15, 0.2) is 0 Å². The zero-order valence-electron chi connectivity index (χ0n) is 10.2. The van der Waals surface area contributed by atoms with Crippen LogP contribution in [0.1, 0.15) is 23.5 Å². The maximum atomic E-state index is 6.18. The number of methoxy groups -OCH3 is 1. The third kappa shape index (κ3) is 2.80. The van der Waals surface area contributed by atoms with E-state index in [9.17, 15) is 0 Å². The fourth-order valence-corrected chi connectivity index (χ4v) is 2.89. The molecule has 2 heterocycles. The lowest BCUT2D eigenvalue weighted by Gasteiger charge is -2.16. The molecule has 96 valence electrons. The van der Waals surface area contributed by atoms with Crippen LogP contribution in [0.5, 0.6) is 5.88 Å². The van der Waals surface area contributed by atoms with E-state index in [0.717, 1.165) is 22.1 Å². The summed E-state index contributed by atoms with van der Waals surface area (Å²) in [5, 5.41) is 14.3. The first-order valence-corrected chi connectivity index (χ1v) is 6.86. The summed E-state index contributed by atoms with van der Waals surface area (Å²) in [4.78, 5) is 1.05. The van der Waals surface area contributed by atoms with Crippen molar-refractivity contribution in [3.05, 3.63) is 39.2 Å². The van der Waals surface area contributed by atoms with Crippen molar-refractivity contribution in [2.24, 2.45) is 0 Å². The minimum atomic E-state index is -0.0269. The highest BCUT2D eigenvalue weighted by Crippen LogP contribution is 2.32. The SMILES string of the molecule is CCNC(c1ccc(OC)nn1)c1sccc1Cl. The molecule has 0 bridgehead atoms. The molecule has 1 atom stereocenters. The molecule has 1 N–H and O–H groups in total. The standard InChI is InChI=1S/C12H14ClN3OS/c1-3-14-11(12-8(13)6-7-18-12)9-4-5-10(17-2)16-15-9/h4-7,11,14H,3H2,1-2H3. The molecule has 4 nitrogen and oxygen atoms in total. The van der Waals surface area contributed by atoms with E-state index in [0.29, 0.717) is 5.88 Å². The summed E-state index contributed by atoms with van der Waals surface area (Å²) in [7, 11) is 1.57. The summed E-state index contributed by atoms with van der Waals surface area (Å²) >= 11 is 7.79. The van der Waals surface area contributed by atoms with Crippen molar-refractivity contribution in [1.29, 1.82) is 0 Å². The van der Waals surface area contributed by atoms with E-state index >= 15 is 0 Å². The normalized spacial score (nSPS) is 12.4. The molecule has 0 amide bonds. The number of thiophene rings is 1. The monoisotopic (exact) mass is 283 g/mol. The van der Waals surface area contributed by atoms with Gasteiger partial charge in [-0.05, 0) is 24.1 Å². The molecule has 0 aromatic carbocycles. The summed E-state index contributed by atoms with van der Waals surface area (Å²) in [5.41, 5.74) is 0.835. The van der Waals surface area contributed by atoms with Gasteiger partial charge in [-0.1, -0.05) is 18.5 Å². The quantitative estimate of drug-likeness (QED) is 0.916. The van der Waals surface area contributed by atoms with Gasteiger partial charge < -0.3 is 10.1 Å². The molecule has 2 aromatic heterocycles. The summed E-state index contributed by atoms with van der Waals surface area (Å²) < 4.78 is 5.01. The lowest BCUT2D eigenvalue weighted by atomic mass is 10.1. The summed E-state index contributed by atoms with van der Waals surface area (Å²) in [6.45, 7) is 2.87. The zero-order valence-corrected chi connectivity index (χ0v) is 11.8. The second-order valence-corrected chi connectivity index (χ2v) is 4.98. The molecule has 0 saturated heterocycles. The molecule has 0 spiro atoms. The first-order valence-electron chi connectivity index (χ1n) is 5.60. The highest BCUT2D eigenvalue weighted by atomic mass is 35.5. The van der Waals surface area contributed by atoms with Crippen LogP contribution in [0, 0.1) is 0 Å². The van der Waals surface area contributed by atoms with Gasteiger partial charge in [-0.2, -0.15) is 0 Å². The highest BCUT2D eigenvalue weighted by molar-refractivity contribution is 7.10. The molecule has 2 aromatic rings. The molecular formula is C12H14ClN3OS. The van der Waals surface area contributed by atoms with Crippen LogP contribution in [0.4, 0.5) is 0 Å². The Morgan fingerprint density at radius 2 is 2.22 bits per heavy atom. The van der Waals surface area contributed by atoms with E-state index in [-0.39, 0.29) is 6.04 Å². The third-order valence-corrected chi connectivity index (χ3v) is 3.90. The topological polar surface area (TPSA) is 47.0 Å². The number of halogens is 1. The highest BCUT2D eigenvalue weighted by Gasteiger charge is 2.19. The Morgan fingerprint density at radius 3 is 2.72 bits per heavy atom. The first-order chi connectivity index (χ1) is 8.76. The average molecular weight is 284 g/mol. The van der Waals surface area contributed by atoms with Crippen molar-refractivity contribution < 1.29 is 4.74 Å². The maximum absolute atomic E-state index is 6.18. The van der Waals surface area contributed by atoms with Crippen molar-refractivity contribution in [3.8, 4) is 5.88 Å². The Hall–Kier alpha value is -1.17. The Balaban J connectivity index is 2.32. The van der Waals surface area contributed by atoms with E-state index in [1.165, 1.54) is 0 Å². The fourth-order valence-electron chi connectivity index (χ4n) is 1.64. The van der Waals surface area contributed by atoms with Crippen molar-refractivity contribution in [2.45, 2.75) is 13.0 Å². The van der Waals surface area contributed by atoms with Gasteiger partial charge in [0.25, 0.3) is 0 Å². The molecule has 0 fully saturated rings. The van der Waals surface area contributed by atoms with Crippen molar-refractivity contribution in [3.63, 3.8) is 0 Å². The molecule has 1 unspecified atom stereocenters. The predicted octanol–water partition coefficient (Wildman–Crippen LogP) is 2.90. The van der Waals surface area contributed by atoms with Crippen LogP contribution in [0.15, 0.2) is 23.6 Å². The maximum Gasteiger partial charge on any atom is 0.233 e. The molecule has 6 heteroatoms. The van der Waals surface area contributed by atoms with Crippen LogP contribution < -0.4 is 10.1 Å². The summed E-state index contributed by atoms with van der Waals surface area (Å²) in [5.74, 6) is 0.506. The van der Waals surface area contributed by atoms with Crippen LogP contribution >= 0.6 is 22.9 Å². The minimum absolute atomic E-state index is 0.0269. The Kier molecular flexibility index (Phi) is 4.52. The van der Waals surface area contributed by atoms with E-state index < -0.39 is 0 Å². The smallest absolute Gasteiger partial charge is 0.233 e. The fraction of sp³-hybridized carbons (Fsp3) is 0.333. The van der Waals surface area contributed by atoms with E-state index in [1.54, 1.807) is 24.5 Å². The van der Waals surface area contributed by atoms with Crippen LogP contribution in [0.25, 0.3) is 0 Å². The Labute approximate surface area is 115 Å². The van der Waals surface area contributed by atoms with E-state index in [2.05, 4.69) is 15.5 Å². The molecule has 0 aliphatic rings. The number of nitrogens with zero attached hydrogens (tertiary/aromatic N) is 2. The van der Waals surface area contributed by atoms with Gasteiger partial charge in [0.05, 0.1) is 23.9 Å². The number of aromatic nitrogens is 2. The van der Waals surface area contributed by atoms with Gasteiger partial charge in [-0.25, -0.2) is 0 Å². The lowest BCUT2D eigenvalue weighted by Crippen LogP contribution is -2.22. The molecule has 0 aliphatic heterocycles. The Bertz CT molecular complexity index is 500. The van der Waals surface area contributed by atoms with Crippen molar-refractivity contribution in [1.82, 2.24) is 15.5 Å². The molecule has 18 heavy (non-hydrogen) atoms. The molecule has 0 radical (unpaired) electrons. The van der Waals surface area contributed by atoms with Crippen molar-refractivity contribution >= 4 is 22.9 Å². The Morgan fingerprint density at radius 1 is 1.39 bits per heavy atom. The second-order valence-electron chi connectivity index (χ2n) is 3.62. The van der Waals surface area contributed by atoms with Crippen molar-refractivity contribution in [2.75, 3.05) is 13.7 Å². The summed E-state index contributed by atoms with van der Waals surface area (Å²) in [6, 6.07) is 5.56.